The van der Waals surface area contributed by atoms with Gasteiger partial charge in [-0.1, -0.05) is 37.3 Å². The second-order valence-electron chi connectivity index (χ2n) is 6.59. The minimum absolute atomic E-state index is 0.0394. The van der Waals surface area contributed by atoms with E-state index in [1.165, 1.54) is 0 Å². The molecule has 2 aromatic carbocycles. The number of anilines is 2. The fourth-order valence-corrected chi connectivity index (χ4v) is 3.22. The third kappa shape index (κ3) is 3.34. The number of hydrogen-bond donors (Lipinski definition) is 1. The molecule has 0 bridgehead atoms. The van der Waals surface area contributed by atoms with E-state index >= 15 is 0 Å². The van der Waals surface area contributed by atoms with Crippen LogP contribution in [0.25, 0.3) is 16.7 Å². The first-order valence-corrected chi connectivity index (χ1v) is 9.10. The number of nitrogens with zero attached hydrogens (tertiary/aromatic N) is 2. The molecule has 0 amide bonds. The molecule has 0 aliphatic carbocycles. The lowest BCUT2D eigenvalue weighted by Gasteiger charge is -2.18. The molecular formula is C23H21N3O. The van der Waals surface area contributed by atoms with Gasteiger partial charge in [0, 0.05) is 23.1 Å². The van der Waals surface area contributed by atoms with Crippen molar-refractivity contribution >= 4 is 22.5 Å². The number of fused-ring (bicyclic) bond motifs is 1. The Balaban J connectivity index is 2.03. The van der Waals surface area contributed by atoms with Crippen molar-refractivity contribution in [3.8, 4) is 5.69 Å². The Morgan fingerprint density at radius 2 is 1.78 bits per heavy atom. The maximum absolute atomic E-state index is 12.7. The third-order valence-electron chi connectivity index (χ3n) is 4.59. The van der Waals surface area contributed by atoms with Crippen LogP contribution in [-0.2, 0) is 6.42 Å². The fourth-order valence-electron chi connectivity index (χ4n) is 3.22. The first-order chi connectivity index (χ1) is 13.2. The van der Waals surface area contributed by atoms with Crippen LogP contribution in [0.1, 0.15) is 18.2 Å². The average molecular weight is 355 g/mol. The van der Waals surface area contributed by atoms with E-state index in [0.29, 0.717) is 16.9 Å². The molecule has 4 nitrogen and oxygen atoms in total. The lowest BCUT2D eigenvalue weighted by atomic mass is 10.2. The van der Waals surface area contributed by atoms with E-state index in [1.807, 2.05) is 59.2 Å². The molecule has 0 aliphatic rings. The summed E-state index contributed by atoms with van der Waals surface area (Å²) < 4.78 is 2.02. The van der Waals surface area contributed by atoms with Crippen molar-refractivity contribution in [3.63, 3.8) is 0 Å². The van der Waals surface area contributed by atoms with Crippen LogP contribution < -0.4 is 10.7 Å². The lowest BCUT2D eigenvalue weighted by Crippen LogP contribution is -2.14. The third-order valence-corrected chi connectivity index (χ3v) is 4.59. The normalized spacial score (nSPS) is 10.9. The van der Waals surface area contributed by atoms with Gasteiger partial charge in [0.25, 0.3) is 0 Å². The highest BCUT2D eigenvalue weighted by atomic mass is 16.1. The maximum Gasteiger partial charge on any atom is 0.193 e. The van der Waals surface area contributed by atoms with Crippen molar-refractivity contribution in [1.82, 2.24) is 9.55 Å². The van der Waals surface area contributed by atoms with Crippen molar-refractivity contribution in [2.75, 3.05) is 5.32 Å². The molecule has 134 valence electrons. The molecule has 2 heterocycles. The second-order valence-corrected chi connectivity index (χ2v) is 6.59. The number of hydrogen-bond acceptors (Lipinski definition) is 3. The minimum atomic E-state index is -0.0394. The monoisotopic (exact) mass is 355 g/mol. The van der Waals surface area contributed by atoms with Crippen LogP contribution >= 0.6 is 0 Å². The zero-order valence-corrected chi connectivity index (χ0v) is 15.4. The highest BCUT2D eigenvalue weighted by molar-refractivity contribution is 5.81. The summed E-state index contributed by atoms with van der Waals surface area (Å²) in [5.41, 5.74) is 4.63. The highest BCUT2D eigenvalue weighted by Gasteiger charge is 2.13. The van der Waals surface area contributed by atoms with Gasteiger partial charge in [0.05, 0.1) is 5.39 Å². The molecule has 0 saturated heterocycles. The van der Waals surface area contributed by atoms with Crippen LogP contribution in [0.2, 0.25) is 0 Å². The zero-order chi connectivity index (χ0) is 18.8. The van der Waals surface area contributed by atoms with Crippen molar-refractivity contribution in [2.45, 2.75) is 20.3 Å². The molecule has 0 aliphatic heterocycles. The molecule has 0 unspecified atom stereocenters. The standard InChI is InChI=1S/C23H21N3O/c1-3-17-12-13-20-21(27)15-22(24-18-9-5-4-6-10-18)26(23(20)25-17)19-11-7-8-16(2)14-19/h4-15,24H,3H2,1-2H3. The van der Waals surface area contributed by atoms with Gasteiger partial charge < -0.3 is 5.32 Å². The summed E-state index contributed by atoms with van der Waals surface area (Å²) in [5.74, 6) is 0.699. The van der Waals surface area contributed by atoms with E-state index in [-0.39, 0.29) is 5.43 Å². The van der Waals surface area contributed by atoms with Gasteiger partial charge in [-0.2, -0.15) is 0 Å². The summed E-state index contributed by atoms with van der Waals surface area (Å²) in [4.78, 5) is 17.5. The van der Waals surface area contributed by atoms with Crippen LogP contribution in [0.3, 0.4) is 0 Å². The molecule has 2 aromatic heterocycles. The molecule has 1 N–H and O–H groups in total. The smallest absolute Gasteiger partial charge is 0.193 e. The topological polar surface area (TPSA) is 46.9 Å². The number of nitrogens with one attached hydrogen (secondary N) is 1. The van der Waals surface area contributed by atoms with Gasteiger partial charge >= 0.3 is 0 Å². The Bertz CT molecular complexity index is 1160. The molecule has 0 spiro atoms. The summed E-state index contributed by atoms with van der Waals surface area (Å²) in [5, 5.41) is 4.00. The van der Waals surface area contributed by atoms with Crippen LogP contribution in [0.15, 0.2) is 77.6 Å². The highest BCUT2D eigenvalue weighted by Crippen LogP contribution is 2.25. The molecule has 4 rings (SSSR count). The van der Waals surface area contributed by atoms with Crippen LogP contribution in [0.4, 0.5) is 11.5 Å². The second kappa shape index (κ2) is 7.08. The van der Waals surface area contributed by atoms with Crippen LogP contribution in [0, 0.1) is 6.92 Å². The number of rotatable bonds is 4. The number of aromatic nitrogens is 2. The maximum atomic E-state index is 12.7. The Morgan fingerprint density at radius 1 is 0.963 bits per heavy atom. The van der Waals surface area contributed by atoms with Gasteiger partial charge in [-0.15, -0.1) is 0 Å². The van der Waals surface area contributed by atoms with Crippen molar-refractivity contribution in [2.24, 2.45) is 0 Å². The first kappa shape index (κ1) is 17.0. The molecule has 0 radical (unpaired) electrons. The molecule has 0 atom stereocenters. The summed E-state index contributed by atoms with van der Waals surface area (Å²) in [6, 6.07) is 23.5. The Morgan fingerprint density at radius 3 is 2.52 bits per heavy atom. The average Bonchev–Trinajstić information content (AvgIpc) is 2.68. The van der Waals surface area contributed by atoms with E-state index in [2.05, 4.69) is 31.3 Å². The predicted molar refractivity (Wildman–Crippen MR) is 111 cm³/mol. The molecular weight excluding hydrogens is 334 g/mol. The van der Waals surface area contributed by atoms with Crippen molar-refractivity contribution in [3.05, 3.63) is 94.3 Å². The molecule has 0 fully saturated rings. The Labute approximate surface area is 158 Å². The molecule has 27 heavy (non-hydrogen) atoms. The summed E-state index contributed by atoms with van der Waals surface area (Å²) in [7, 11) is 0. The molecule has 4 aromatic rings. The largest absolute Gasteiger partial charge is 0.341 e. The number of aryl methyl sites for hydroxylation is 2. The van der Waals surface area contributed by atoms with Gasteiger partial charge in [0.2, 0.25) is 0 Å². The van der Waals surface area contributed by atoms with Crippen LogP contribution in [-0.4, -0.2) is 9.55 Å². The van der Waals surface area contributed by atoms with E-state index in [9.17, 15) is 4.79 Å². The van der Waals surface area contributed by atoms with E-state index in [1.54, 1.807) is 6.07 Å². The van der Waals surface area contributed by atoms with E-state index < -0.39 is 0 Å². The van der Waals surface area contributed by atoms with Gasteiger partial charge in [-0.05, 0) is 55.3 Å². The van der Waals surface area contributed by atoms with Crippen molar-refractivity contribution in [1.29, 1.82) is 0 Å². The lowest BCUT2D eigenvalue weighted by molar-refractivity contribution is 1.00. The van der Waals surface area contributed by atoms with E-state index in [0.717, 1.165) is 29.1 Å². The van der Waals surface area contributed by atoms with E-state index in [4.69, 9.17) is 4.98 Å². The molecule has 4 heteroatoms. The van der Waals surface area contributed by atoms with Crippen molar-refractivity contribution < 1.29 is 0 Å². The van der Waals surface area contributed by atoms with Gasteiger partial charge in [0.1, 0.15) is 11.5 Å². The Kier molecular flexibility index (Phi) is 4.47. The predicted octanol–water partition coefficient (Wildman–Crippen LogP) is 5.00. The summed E-state index contributed by atoms with van der Waals surface area (Å²) in [6.07, 6.45) is 0.814. The van der Waals surface area contributed by atoms with Gasteiger partial charge in [0.15, 0.2) is 5.43 Å². The number of para-hydroxylation sites is 1. The van der Waals surface area contributed by atoms with Gasteiger partial charge in [-0.3, -0.25) is 9.36 Å². The van der Waals surface area contributed by atoms with Gasteiger partial charge in [-0.25, -0.2) is 4.98 Å². The number of pyridine rings is 2. The quantitative estimate of drug-likeness (QED) is 0.560. The first-order valence-electron chi connectivity index (χ1n) is 9.10. The summed E-state index contributed by atoms with van der Waals surface area (Å²) in [6.45, 7) is 4.12. The fraction of sp³-hybridized carbons (Fsp3) is 0.130. The number of benzene rings is 2. The SMILES string of the molecule is CCc1ccc2c(=O)cc(Nc3ccccc3)n(-c3cccc(C)c3)c2n1. The minimum Gasteiger partial charge on any atom is -0.341 e. The molecule has 0 saturated carbocycles. The Hall–Kier alpha value is -3.40. The summed E-state index contributed by atoms with van der Waals surface area (Å²) >= 11 is 0. The zero-order valence-electron chi connectivity index (χ0n) is 15.4. The van der Waals surface area contributed by atoms with Crippen LogP contribution in [0.5, 0.6) is 0 Å².